The van der Waals surface area contributed by atoms with Crippen LogP contribution in [0.15, 0.2) is 0 Å². The van der Waals surface area contributed by atoms with E-state index < -0.39 is 0 Å². The first-order chi connectivity index (χ1) is 9.20. The molecule has 1 fully saturated rings. The van der Waals surface area contributed by atoms with Crippen molar-refractivity contribution in [2.75, 3.05) is 24.1 Å². The van der Waals surface area contributed by atoms with Gasteiger partial charge in [-0.2, -0.15) is 0 Å². The van der Waals surface area contributed by atoms with Gasteiger partial charge >= 0.3 is 0 Å². The molecule has 0 atom stereocenters. The van der Waals surface area contributed by atoms with Gasteiger partial charge in [0.25, 0.3) is 5.91 Å². The van der Waals surface area contributed by atoms with Gasteiger partial charge in [0.2, 0.25) is 0 Å². The van der Waals surface area contributed by atoms with Crippen molar-refractivity contribution in [3.05, 3.63) is 4.88 Å². The van der Waals surface area contributed by atoms with Crippen LogP contribution < -0.4 is 16.4 Å². The summed E-state index contributed by atoms with van der Waals surface area (Å²) in [5, 5.41) is 6.78. The van der Waals surface area contributed by atoms with Crippen LogP contribution in [0, 0.1) is 5.92 Å². The molecule has 0 aromatic carbocycles. The highest BCUT2D eigenvalue weighted by atomic mass is 32.1. The summed E-state index contributed by atoms with van der Waals surface area (Å²) in [6, 6.07) is 0. The molecule has 1 aromatic heterocycles. The molecular weight excluding hydrogens is 260 g/mol. The maximum atomic E-state index is 12.1. The standard InChI is InChI=1S/C13H22N4OS/c1-2-15-13-17-11(14)10(19-13)12(18)16-8-9-6-4-3-5-7-9/h9H,2-8,14H2,1H3,(H,15,17)(H,16,18). The van der Waals surface area contributed by atoms with Crippen LogP contribution in [-0.4, -0.2) is 24.0 Å². The fourth-order valence-corrected chi connectivity index (χ4v) is 3.30. The van der Waals surface area contributed by atoms with E-state index in [9.17, 15) is 4.79 Å². The number of aromatic nitrogens is 1. The molecule has 0 bridgehead atoms. The molecule has 4 N–H and O–H groups in total. The normalized spacial score (nSPS) is 16.3. The van der Waals surface area contributed by atoms with Gasteiger partial charge in [-0.1, -0.05) is 30.6 Å². The first-order valence-corrected chi connectivity index (χ1v) is 7.80. The number of thiazole rings is 1. The van der Waals surface area contributed by atoms with E-state index in [1.807, 2.05) is 6.92 Å². The maximum absolute atomic E-state index is 12.1. The van der Waals surface area contributed by atoms with Gasteiger partial charge in [-0.25, -0.2) is 4.98 Å². The quantitative estimate of drug-likeness (QED) is 0.775. The summed E-state index contributed by atoms with van der Waals surface area (Å²) < 4.78 is 0. The summed E-state index contributed by atoms with van der Waals surface area (Å²) in [6.07, 6.45) is 6.35. The lowest BCUT2D eigenvalue weighted by Gasteiger charge is -2.21. The van der Waals surface area contributed by atoms with E-state index in [-0.39, 0.29) is 5.91 Å². The second kappa shape index (κ2) is 6.75. The zero-order chi connectivity index (χ0) is 13.7. The van der Waals surface area contributed by atoms with Gasteiger partial charge in [-0.15, -0.1) is 0 Å². The van der Waals surface area contributed by atoms with Gasteiger partial charge in [0.15, 0.2) is 5.13 Å². The second-order valence-corrected chi connectivity index (χ2v) is 5.98. The Hall–Kier alpha value is -1.30. The molecule has 1 saturated carbocycles. The Labute approximate surface area is 118 Å². The monoisotopic (exact) mass is 282 g/mol. The molecule has 1 aromatic rings. The molecule has 1 amide bonds. The van der Waals surface area contributed by atoms with E-state index in [0.29, 0.717) is 21.7 Å². The summed E-state index contributed by atoms with van der Waals surface area (Å²) in [7, 11) is 0. The number of hydrogen-bond donors (Lipinski definition) is 3. The summed E-state index contributed by atoms with van der Waals surface area (Å²) in [6.45, 7) is 3.52. The van der Waals surface area contributed by atoms with Crippen LogP contribution in [0.3, 0.4) is 0 Å². The van der Waals surface area contributed by atoms with Crippen LogP contribution in [0.25, 0.3) is 0 Å². The topological polar surface area (TPSA) is 80.0 Å². The summed E-state index contributed by atoms with van der Waals surface area (Å²) in [5.41, 5.74) is 5.78. The number of nitrogen functional groups attached to an aromatic ring is 1. The van der Waals surface area contributed by atoms with E-state index in [1.54, 1.807) is 0 Å². The lowest BCUT2D eigenvalue weighted by molar-refractivity contribution is 0.0948. The van der Waals surface area contributed by atoms with Crippen LogP contribution in [0.2, 0.25) is 0 Å². The summed E-state index contributed by atoms with van der Waals surface area (Å²) in [5.74, 6) is 0.854. The second-order valence-electron chi connectivity index (χ2n) is 4.98. The average Bonchev–Trinajstić information content (AvgIpc) is 2.79. The maximum Gasteiger partial charge on any atom is 0.265 e. The third-order valence-corrected chi connectivity index (χ3v) is 4.49. The van der Waals surface area contributed by atoms with E-state index in [4.69, 9.17) is 5.73 Å². The molecular formula is C13H22N4OS. The van der Waals surface area contributed by atoms with Crippen molar-refractivity contribution < 1.29 is 4.79 Å². The van der Waals surface area contributed by atoms with Gasteiger partial charge < -0.3 is 16.4 Å². The molecule has 2 rings (SSSR count). The van der Waals surface area contributed by atoms with E-state index >= 15 is 0 Å². The Kier molecular flexibility index (Phi) is 5.01. The van der Waals surface area contributed by atoms with Crippen LogP contribution in [-0.2, 0) is 0 Å². The number of anilines is 2. The molecule has 5 nitrogen and oxygen atoms in total. The SMILES string of the molecule is CCNc1nc(N)c(C(=O)NCC2CCCCC2)s1. The van der Waals surface area contributed by atoms with Crippen molar-refractivity contribution in [2.45, 2.75) is 39.0 Å². The van der Waals surface area contributed by atoms with Crippen molar-refractivity contribution in [3.8, 4) is 0 Å². The Balaban J connectivity index is 1.88. The van der Waals surface area contributed by atoms with Gasteiger partial charge in [0, 0.05) is 13.1 Å². The minimum atomic E-state index is -0.0928. The molecule has 19 heavy (non-hydrogen) atoms. The molecule has 106 valence electrons. The molecule has 0 spiro atoms. The molecule has 6 heteroatoms. The Morgan fingerprint density at radius 3 is 2.84 bits per heavy atom. The fraction of sp³-hybridized carbons (Fsp3) is 0.692. The van der Waals surface area contributed by atoms with Crippen LogP contribution in [0.4, 0.5) is 10.9 Å². The largest absolute Gasteiger partial charge is 0.382 e. The van der Waals surface area contributed by atoms with Crippen LogP contribution in [0.1, 0.15) is 48.7 Å². The Bertz CT molecular complexity index is 426. The van der Waals surface area contributed by atoms with E-state index in [0.717, 1.165) is 13.1 Å². The highest BCUT2D eigenvalue weighted by Crippen LogP contribution is 2.26. The molecule has 1 aliphatic carbocycles. The minimum Gasteiger partial charge on any atom is -0.382 e. The molecule has 0 saturated heterocycles. The Morgan fingerprint density at radius 1 is 1.42 bits per heavy atom. The first-order valence-electron chi connectivity index (χ1n) is 6.99. The predicted octanol–water partition coefficient (Wildman–Crippen LogP) is 2.47. The lowest BCUT2D eigenvalue weighted by Crippen LogP contribution is -2.30. The molecule has 1 aliphatic rings. The van der Waals surface area contributed by atoms with E-state index in [2.05, 4.69) is 15.6 Å². The predicted molar refractivity (Wildman–Crippen MR) is 79.6 cm³/mol. The third kappa shape index (κ3) is 3.83. The van der Waals surface area contributed by atoms with Crippen molar-refractivity contribution >= 4 is 28.2 Å². The summed E-state index contributed by atoms with van der Waals surface area (Å²) in [4.78, 5) is 16.7. The fourth-order valence-electron chi connectivity index (χ4n) is 2.43. The number of carbonyl (C=O) groups is 1. The zero-order valence-corrected chi connectivity index (χ0v) is 12.2. The number of nitrogens with one attached hydrogen (secondary N) is 2. The molecule has 0 aliphatic heterocycles. The smallest absolute Gasteiger partial charge is 0.265 e. The minimum absolute atomic E-state index is 0.0928. The van der Waals surface area contributed by atoms with Crippen molar-refractivity contribution in [2.24, 2.45) is 5.92 Å². The van der Waals surface area contributed by atoms with Crippen molar-refractivity contribution in [1.29, 1.82) is 0 Å². The molecule has 0 unspecified atom stereocenters. The highest BCUT2D eigenvalue weighted by Gasteiger charge is 2.18. The third-order valence-electron chi connectivity index (χ3n) is 3.46. The number of carbonyl (C=O) groups excluding carboxylic acids is 1. The number of nitrogens with zero attached hydrogens (tertiary/aromatic N) is 1. The van der Waals surface area contributed by atoms with Gasteiger partial charge in [0.1, 0.15) is 10.7 Å². The van der Waals surface area contributed by atoms with Gasteiger partial charge in [-0.05, 0) is 25.7 Å². The number of hydrogen-bond acceptors (Lipinski definition) is 5. The average molecular weight is 282 g/mol. The lowest BCUT2D eigenvalue weighted by atomic mass is 9.89. The molecule has 0 radical (unpaired) electrons. The summed E-state index contributed by atoms with van der Waals surface area (Å²) >= 11 is 1.32. The number of nitrogens with two attached hydrogens (primary N) is 1. The van der Waals surface area contributed by atoms with E-state index in [1.165, 1.54) is 43.4 Å². The molecule has 1 heterocycles. The van der Waals surface area contributed by atoms with Gasteiger partial charge in [0.05, 0.1) is 0 Å². The number of rotatable bonds is 5. The van der Waals surface area contributed by atoms with Crippen LogP contribution in [0.5, 0.6) is 0 Å². The zero-order valence-electron chi connectivity index (χ0n) is 11.4. The Morgan fingerprint density at radius 2 is 2.16 bits per heavy atom. The van der Waals surface area contributed by atoms with Crippen molar-refractivity contribution in [1.82, 2.24) is 10.3 Å². The van der Waals surface area contributed by atoms with Crippen molar-refractivity contribution in [3.63, 3.8) is 0 Å². The van der Waals surface area contributed by atoms with Gasteiger partial charge in [-0.3, -0.25) is 4.79 Å². The number of amides is 1. The first kappa shape index (κ1) is 14.1. The van der Waals surface area contributed by atoms with Crippen LogP contribution >= 0.6 is 11.3 Å². The highest BCUT2D eigenvalue weighted by molar-refractivity contribution is 7.18.